The number of unbranched alkanes of at least 4 members (excludes halogenated alkanes) is 1. The first-order valence-electron chi connectivity index (χ1n) is 7.64. The van der Waals surface area contributed by atoms with Crippen LogP contribution in [0.15, 0.2) is 43.0 Å². The van der Waals surface area contributed by atoms with Crippen LogP contribution in [0.1, 0.15) is 24.8 Å². The molecule has 1 aromatic rings. The molecule has 0 spiro atoms. The highest BCUT2D eigenvalue weighted by atomic mass is 16.5. The zero-order chi connectivity index (χ0) is 16.9. The number of hydrogen-bond acceptors (Lipinski definition) is 4. The summed E-state index contributed by atoms with van der Waals surface area (Å²) >= 11 is 0. The number of alkyl carbamates (subject to hydrolysis) is 1. The summed E-state index contributed by atoms with van der Waals surface area (Å²) < 4.78 is 5.10. The molecule has 0 saturated carbocycles. The average Bonchev–Trinajstić information content (AvgIpc) is 2.59. The minimum Gasteiger partial charge on any atom is -0.445 e. The van der Waals surface area contributed by atoms with Gasteiger partial charge in [-0.25, -0.2) is 4.79 Å². The van der Waals surface area contributed by atoms with E-state index in [2.05, 4.69) is 17.2 Å². The lowest BCUT2D eigenvalue weighted by Crippen LogP contribution is -2.37. The molecule has 0 bridgehead atoms. The average molecular weight is 320 g/mol. The van der Waals surface area contributed by atoms with Crippen molar-refractivity contribution in [3.8, 4) is 0 Å². The molecule has 1 aromatic carbocycles. The quantitative estimate of drug-likeness (QED) is 0.453. The molecular weight excluding hydrogens is 296 g/mol. The van der Waals surface area contributed by atoms with E-state index in [1.165, 1.54) is 6.08 Å². The normalized spacial score (nSPS) is 11.3. The maximum Gasteiger partial charge on any atom is 0.407 e. The zero-order valence-electron chi connectivity index (χ0n) is 13.2. The molecule has 1 atom stereocenters. The Hall–Kier alpha value is -2.34. The van der Waals surface area contributed by atoms with Gasteiger partial charge in [0.25, 0.3) is 0 Å². The summed E-state index contributed by atoms with van der Waals surface area (Å²) in [7, 11) is 0. The van der Waals surface area contributed by atoms with E-state index >= 15 is 0 Å². The number of aliphatic hydroxyl groups is 1. The third kappa shape index (κ3) is 8.63. The molecule has 0 unspecified atom stereocenters. The van der Waals surface area contributed by atoms with Crippen LogP contribution in [0.2, 0.25) is 0 Å². The summed E-state index contributed by atoms with van der Waals surface area (Å²) in [5, 5.41) is 14.6. The van der Waals surface area contributed by atoms with E-state index in [1.54, 1.807) is 0 Å². The molecule has 1 rings (SSSR count). The molecule has 6 nitrogen and oxygen atoms in total. The van der Waals surface area contributed by atoms with E-state index in [1.807, 2.05) is 30.3 Å². The van der Waals surface area contributed by atoms with Crippen LogP contribution in [0.25, 0.3) is 0 Å². The molecule has 6 heteroatoms. The molecule has 0 aliphatic heterocycles. The second kappa shape index (κ2) is 11.3. The molecule has 0 aliphatic carbocycles. The summed E-state index contributed by atoms with van der Waals surface area (Å²) in [6.07, 6.45) is 2.81. The fourth-order valence-electron chi connectivity index (χ4n) is 1.94. The number of nitrogens with one attached hydrogen (secondary N) is 2. The Bertz CT molecular complexity index is 491. The largest absolute Gasteiger partial charge is 0.445 e. The van der Waals surface area contributed by atoms with Gasteiger partial charge in [0.05, 0.1) is 12.6 Å². The van der Waals surface area contributed by atoms with Crippen LogP contribution >= 0.6 is 0 Å². The van der Waals surface area contributed by atoms with Crippen LogP contribution < -0.4 is 10.6 Å². The first-order chi connectivity index (χ1) is 11.2. The van der Waals surface area contributed by atoms with Crippen molar-refractivity contribution in [2.45, 2.75) is 31.9 Å². The van der Waals surface area contributed by atoms with Gasteiger partial charge in [-0.05, 0) is 30.9 Å². The SMILES string of the molecule is C=CC(=O)NCCCC[C@@H](CO)NC(=O)OCc1ccccc1. The van der Waals surface area contributed by atoms with Crippen LogP contribution in [0.4, 0.5) is 4.79 Å². The van der Waals surface area contributed by atoms with E-state index in [4.69, 9.17) is 4.74 Å². The van der Waals surface area contributed by atoms with Crippen LogP contribution in [0.5, 0.6) is 0 Å². The highest BCUT2D eigenvalue weighted by Crippen LogP contribution is 2.03. The summed E-state index contributed by atoms with van der Waals surface area (Å²) in [4.78, 5) is 22.6. The van der Waals surface area contributed by atoms with E-state index in [-0.39, 0.29) is 25.2 Å². The van der Waals surface area contributed by atoms with Crippen molar-refractivity contribution in [2.24, 2.45) is 0 Å². The number of benzene rings is 1. The lowest BCUT2D eigenvalue weighted by Gasteiger charge is -2.16. The predicted octanol–water partition coefficient (Wildman–Crippen LogP) is 1.75. The predicted molar refractivity (Wildman–Crippen MR) is 87.7 cm³/mol. The number of rotatable bonds is 10. The van der Waals surface area contributed by atoms with E-state index in [0.717, 1.165) is 18.4 Å². The number of aliphatic hydroxyl groups excluding tert-OH is 1. The van der Waals surface area contributed by atoms with Gasteiger partial charge in [0.15, 0.2) is 0 Å². The Balaban J connectivity index is 2.17. The molecular formula is C17H24N2O4. The molecule has 126 valence electrons. The number of carbonyl (C=O) groups is 2. The molecule has 0 aromatic heterocycles. The summed E-state index contributed by atoms with van der Waals surface area (Å²) in [6.45, 7) is 3.95. The minimum atomic E-state index is -0.548. The lowest BCUT2D eigenvalue weighted by molar-refractivity contribution is -0.116. The van der Waals surface area contributed by atoms with Gasteiger partial charge in [0.2, 0.25) is 5.91 Å². The van der Waals surface area contributed by atoms with Crippen molar-refractivity contribution < 1.29 is 19.4 Å². The fourth-order valence-corrected chi connectivity index (χ4v) is 1.94. The second-order valence-electron chi connectivity index (χ2n) is 5.08. The van der Waals surface area contributed by atoms with E-state index < -0.39 is 6.09 Å². The Kier molecular flexibility index (Phi) is 9.16. The van der Waals surface area contributed by atoms with Gasteiger partial charge >= 0.3 is 6.09 Å². The van der Waals surface area contributed by atoms with Crippen LogP contribution in [0.3, 0.4) is 0 Å². The van der Waals surface area contributed by atoms with Crippen molar-refractivity contribution in [2.75, 3.05) is 13.2 Å². The van der Waals surface area contributed by atoms with Crippen molar-refractivity contribution in [3.05, 3.63) is 48.6 Å². The zero-order valence-corrected chi connectivity index (χ0v) is 13.2. The summed E-state index contributed by atoms with van der Waals surface area (Å²) in [6, 6.07) is 9.02. The Labute approximate surface area is 136 Å². The maximum atomic E-state index is 11.7. The molecule has 0 radical (unpaired) electrons. The standard InChI is InChI=1S/C17H24N2O4/c1-2-16(21)18-11-7-6-10-15(12-20)19-17(22)23-13-14-8-4-3-5-9-14/h2-5,8-9,15,20H,1,6-7,10-13H2,(H,18,21)(H,19,22)/t15-/m0/s1. The van der Waals surface area contributed by atoms with Gasteiger partial charge < -0.3 is 20.5 Å². The van der Waals surface area contributed by atoms with Gasteiger partial charge in [-0.15, -0.1) is 0 Å². The molecule has 0 aliphatic rings. The van der Waals surface area contributed by atoms with Crippen molar-refractivity contribution in [1.82, 2.24) is 10.6 Å². The lowest BCUT2D eigenvalue weighted by atomic mass is 10.1. The van der Waals surface area contributed by atoms with E-state index in [0.29, 0.717) is 13.0 Å². The summed E-state index contributed by atoms with van der Waals surface area (Å²) in [5.74, 6) is -0.202. The number of hydrogen-bond donors (Lipinski definition) is 3. The van der Waals surface area contributed by atoms with Crippen LogP contribution in [-0.2, 0) is 16.1 Å². The highest BCUT2D eigenvalue weighted by Gasteiger charge is 2.12. The second-order valence-corrected chi connectivity index (χ2v) is 5.08. The van der Waals surface area contributed by atoms with Gasteiger partial charge in [-0.3, -0.25) is 4.79 Å². The maximum absolute atomic E-state index is 11.7. The van der Waals surface area contributed by atoms with E-state index in [9.17, 15) is 14.7 Å². The van der Waals surface area contributed by atoms with Gasteiger partial charge in [0.1, 0.15) is 6.61 Å². The molecule has 0 heterocycles. The fraction of sp³-hybridized carbons (Fsp3) is 0.412. The monoisotopic (exact) mass is 320 g/mol. The Morgan fingerprint density at radius 2 is 2.00 bits per heavy atom. The first-order valence-corrected chi connectivity index (χ1v) is 7.64. The van der Waals surface area contributed by atoms with Crippen molar-refractivity contribution >= 4 is 12.0 Å². The molecule has 23 heavy (non-hydrogen) atoms. The summed E-state index contributed by atoms with van der Waals surface area (Å²) in [5.41, 5.74) is 0.904. The molecule has 0 fully saturated rings. The van der Waals surface area contributed by atoms with Crippen molar-refractivity contribution in [1.29, 1.82) is 0 Å². The Morgan fingerprint density at radius 3 is 2.65 bits per heavy atom. The molecule has 0 saturated heterocycles. The third-order valence-corrected chi connectivity index (χ3v) is 3.22. The molecule has 2 amide bonds. The first kappa shape index (κ1) is 18.7. The number of carbonyl (C=O) groups excluding carboxylic acids is 2. The minimum absolute atomic E-state index is 0.153. The van der Waals surface area contributed by atoms with Crippen LogP contribution in [-0.4, -0.2) is 36.3 Å². The van der Waals surface area contributed by atoms with Gasteiger partial charge in [0, 0.05) is 6.54 Å². The Morgan fingerprint density at radius 1 is 1.26 bits per heavy atom. The number of amides is 2. The molecule has 3 N–H and O–H groups in total. The topological polar surface area (TPSA) is 87.7 Å². The van der Waals surface area contributed by atoms with Gasteiger partial charge in [-0.2, -0.15) is 0 Å². The van der Waals surface area contributed by atoms with Crippen LogP contribution in [0, 0.1) is 0 Å². The van der Waals surface area contributed by atoms with Crippen molar-refractivity contribution in [3.63, 3.8) is 0 Å². The third-order valence-electron chi connectivity index (χ3n) is 3.22. The highest BCUT2D eigenvalue weighted by molar-refractivity contribution is 5.86. The smallest absolute Gasteiger partial charge is 0.407 e. The van der Waals surface area contributed by atoms with Gasteiger partial charge in [-0.1, -0.05) is 36.9 Å². The number of ether oxygens (including phenoxy) is 1.